The molecule has 2 saturated carbocycles. The van der Waals surface area contributed by atoms with Crippen molar-refractivity contribution in [3.63, 3.8) is 0 Å². The molecule has 21 heavy (non-hydrogen) atoms. The average Bonchev–Trinajstić information content (AvgIpc) is 3.34. The second-order valence-corrected chi connectivity index (χ2v) is 6.19. The molecule has 2 amide bonds. The van der Waals surface area contributed by atoms with E-state index < -0.39 is 5.54 Å². The van der Waals surface area contributed by atoms with E-state index in [1.807, 2.05) is 29.2 Å². The number of carbonyl (C=O) groups is 2. The molecule has 0 aliphatic heterocycles. The molecule has 3 rings (SSSR count). The zero-order valence-electron chi connectivity index (χ0n) is 12.3. The lowest BCUT2D eigenvalue weighted by molar-refractivity contribution is -0.130. The number of amides is 2. The topological polar surface area (TPSA) is 75.4 Å². The molecule has 2 aliphatic carbocycles. The number of benzene rings is 1. The highest BCUT2D eigenvalue weighted by atomic mass is 16.2. The molecule has 0 bridgehead atoms. The highest BCUT2D eigenvalue weighted by Gasteiger charge is 2.45. The van der Waals surface area contributed by atoms with E-state index in [1.165, 1.54) is 0 Å². The number of nitrogens with one attached hydrogen (secondary N) is 1. The van der Waals surface area contributed by atoms with E-state index in [4.69, 9.17) is 5.73 Å². The summed E-state index contributed by atoms with van der Waals surface area (Å²) in [7, 11) is 0. The molecule has 0 unspecified atom stereocenters. The van der Waals surface area contributed by atoms with Crippen molar-refractivity contribution in [2.45, 2.75) is 50.7 Å². The summed E-state index contributed by atoms with van der Waals surface area (Å²) in [6, 6.07) is 8.04. The summed E-state index contributed by atoms with van der Waals surface area (Å²) in [6.45, 7) is 2.25. The minimum absolute atomic E-state index is 0.112. The molecule has 2 fully saturated rings. The van der Waals surface area contributed by atoms with Crippen molar-refractivity contribution in [3.05, 3.63) is 29.8 Å². The van der Waals surface area contributed by atoms with E-state index >= 15 is 0 Å². The van der Waals surface area contributed by atoms with Gasteiger partial charge in [-0.05, 0) is 43.4 Å². The summed E-state index contributed by atoms with van der Waals surface area (Å²) in [5.41, 5.74) is 7.02. The summed E-state index contributed by atoms with van der Waals surface area (Å²) >= 11 is 0. The molecule has 5 nitrogen and oxygen atoms in total. The van der Waals surface area contributed by atoms with Crippen molar-refractivity contribution in [2.75, 3.05) is 5.32 Å². The lowest BCUT2D eigenvalue weighted by atomic mass is 10.1. The quantitative estimate of drug-likeness (QED) is 0.864. The lowest BCUT2D eigenvalue weighted by Crippen LogP contribution is -2.37. The molecule has 0 aromatic heterocycles. The maximum atomic E-state index is 11.9. The van der Waals surface area contributed by atoms with Gasteiger partial charge < -0.3 is 16.0 Å². The van der Waals surface area contributed by atoms with E-state index in [2.05, 4.69) is 5.32 Å². The van der Waals surface area contributed by atoms with Gasteiger partial charge >= 0.3 is 0 Å². The third-order valence-corrected chi connectivity index (χ3v) is 4.20. The van der Waals surface area contributed by atoms with Gasteiger partial charge in [0.25, 0.3) is 0 Å². The predicted octanol–water partition coefficient (Wildman–Crippen LogP) is 1.63. The summed E-state index contributed by atoms with van der Waals surface area (Å²) in [5, 5.41) is 2.84. The van der Waals surface area contributed by atoms with Crippen LogP contribution in [0.25, 0.3) is 0 Å². The molecule has 5 heteroatoms. The van der Waals surface area contributed by atoms with Crippen LogP contribution in [-0.4, -0.2) is 28.3 Å². The number of rotatable bonds is 5. The first kappa shape index (κ1) is 14.1. The first-order chi connectivity index (χ1) is 9.98. The zero-order valence-corrected chi connectivity index (χ0v) is 12.3. The molecule has 3 N–H and O–H groups in total. The number of hydrogen-bond acceptors (Lipinski definition) is 3. The zero-order chi connectivity index (χ0) is 15.0. The summed E-state index contributed by atoms with van der Waals surface area (Å²) in [4.78, 5) is 25.4. The number of carbonyl (C=O) groups excluding carboxylic acids is 2. The molecule has 0 radical (unpaired) electrons. The standard InChI is InChI=1S/C16H21N3O2/c1-11(20)19(14-6-7-14)10-12-2-4-13(5-3-12)18-15(21)16(17)8-9-16/h2-5,14H,6-10,17H2,1H3,(H,18,21). The van der Waals surface area contributed by atoms with Gasteiger partial charge in [-0.1, -0.05) is 12.1 Å². The fourth-order valence-electron chi connectivity index (χ4n) is 2.39. The Morgan fingerprint density at radius 2 is 1.90 bits per heavy atom. The average molecular weight is 287 g/mol. The summed E-state index contributed by atoms with van der Waals surface area (Å²) < 4.78 is 0. The van der Waals surface area contributed by atoms with E-state index in [-0.39, 0.29) is 11.8 Å². The van der Waals surface area contributed by atoms with Gasteiger partial charge in [-0.25, -0.2) is 0 Å². The Labute approximate surface area is 124 Å². The Kier molecular flexibility index (Phi) is 3.45. The van der Waals surface area contributed by atoms with Crippen LogP contribution in [0.15, 0.2) is 24.3 Å². The largest absolute Gasteiger partial charge is 0.336 e. The SMILES string of the molecule is CC(=O)N(Cc1ccc(NC(=O)C2(N)CC2)cc1)C1CC1. The van der Waals surface area contributed by atoms with Gasteiger partial charge in [0.1, 0.15) is 0 Å². The predicted molar refractivity (Wildman–Crippen MR) is 80.5 cm³/mol. The maximum Gasteiger partial charge on any atom is 0.244 e. The van der Waals surface area contributed by atoms with Gasteiger partial charge in [0, 0.05) is 25.2 Å². The smallest absolute Gasteiger partial charge is 0.244 e. The van der Waals surface area contributed by atoms with E-state index in [1.54, 1.807) is 6.92 Å². The highest BCUT2D eigenvalue weighted by Crippen LogP contribution is 2.33. The van der Waals surface area contributed by atoms with Crippen molar-refractivity contribution in [1.29, 1.82) is 0 Å². The van der Waals surface area contributed by atoms with Crippen LogP contribution in [0.2, 0.25) is 0 Å². The molecule has 1 aromatic rings. The fraction of sp³-hybridized carbons (Fsp3) is 0.500. The monoisotopic (exact) mass is 287 g/mol. The second-order valence-electron chi connectivity index (χ2n) is 6.19. The molecule has 1 aromatic carbocycles. The second kappa shape index (κ2) is 5.15. The van der Waals surface area contributed by atoms with Crippen molar-refractivity contribution in [1.82, 2.24) is 4.90 Å². The Balaban J connectivity index is 1.61. The number of nitrogens with two attached hydrogens (primary N) is 1. The first-order valence-corrected chi connectivity index (χ1v) is 7.44. The van der Waals surface area contributed by atoms with Crippen LogP contribution < -0.4 is 11.1 Å². The van der Waals surface area contributed by atoms with Gasteiger partial charge in [-0.3, -0.25) is 9.59 Å². The van der Waals surface area contributed by atoms with E-state index in [0.29, 0.717) is 12.6 Å². The van der Waals surface area contributed by atoms with Crippen LogP contribution in [0.1, 0.15) is 38.2 Å². The normalized spacial score (nSPS) is 19.0. The molecule has 0 heterocycles. The van der Waals surface area contributed by atoms with Crippen LogP contribution in [-0.2, 0) is 16.1 Å². The number of nitrogens with zero attached hydrogens (tertiary/aromatic N) is 1. The van der Waals surface area contributed by atoms with Gasteiger partial charge in [-0.2, -0.15) is 0 Å². The van der Waals surface area contributed by atoms with Crippen molar-refractivity contribution in [2.24, 2.45) is 5.73 Å². The van der Waals surface area contributed by atoms with Crippen LogP contribution in [0.3, 0.4) is 0 Å². The molecule has 112 valence electrons. The van der Waals surface area contributed by atoms with Crippen LogP contribution in [0.5, 0.6) is 0 Å². The molecule has 0 saturated heterocycles. The van der Waals surface area contributed by atoms with Crippen molar-refractivity contribution in [3.8, 4) is 0 Å². The van der Waals surface area contributed by atoms with E-state index in [9.17, 15) is 9.59 Å². The molecule has 0 spiro atoms. The Bertz CT molecular complexity index is 559. The van der Waals surface area contributed by atoms with Gasteiger partial charge in [0.05, 0.1) is 5.54 Å². The molecular weight excluding hydrogens is 266 g/mol. The Morgan fingerprint density at radius 1 is 1.29 bits per heavy atom. The fourth-order valence-corrected chi connectivity index (χ4v) is 2.39. The van der Waals surface area contributed by atoms with E-state index in [0.717, 1.165) is 36.9 Å². The van der Waals surface area contributed by atoms with Gasteiger partial charge in [-0.15, -0.1) is 0 Å². The lowest BCUT2D eigenvalue weighted by Gasteiger charge is -2.20. The Hall–Kier alpha value is -1.88. The highest BCUT2D eigenvalue weighted by molar-refractivity contribution is 6.00. The van der Waals surface area contributed by atoms with Crippen molar-refractivity contribution >= 4 is 17.5 Å². The van der Waals surface area contributed by atoms with Gasteiger partial charge in [0.15, 0.2) is 0 Å². The van der Waals surface area contributed by atoms with Gasteiger partial charge in [0.2, 0.25) is 11.8 Å². The van der Waals surface area contributed by atoms with Crippen LogP contribution >= 0.6 is 0 Å². The molecular formula is C16H21N3O2. The minimum atomic E-state index is -0.657. The number of anilines is 1. The third-order valence-electron chi connectivity index (χ3n) is 4.20. The summed E-state index contributed by atoms with van der Waals surface area (Å²) in [6.07, 6.45) is 3.72. The molecule has 0 atom stereocenters. The van der Waals surface area contributed by atoms with Crippen molar-refractivity contribution < 1.29 is 9.59 Å². The summed E-state index contributed by atoms with van der Waals surface area (Å²) in [5.74, 6) is 0.00674. The molecule has 2 aliphatic rings. The maximum absolute atomic E-state index is 11.9. The minimum Gasteiger partial charge on any atom is -0.336 e. The Morgan fingerprint density at radius 3 is 2.38 bits per heavy atom. The first-order valence-electron chi connectivity index (χ1n) is 7.44. The van der Waals surface area contributed by atoms with Crippen LogP contribution in [0.4, 0.5) is 5.69 Å². The third kappa shape index (κ3) is 3.24. The van der Waals surface area contributed by atoms with Crippen LogP contribution in [0, 0.1) is 0 Å². The number of hydrogen-bond donors (Lipinski definition) is 2.